The van der Waals surface area contributed by atoms with Gasteiger partial charge in [-0.2, -0.15) is 0 Å². The number of hydrogen-bond donors (Lipinski definition) is 0. The number of carbonyl (C=O) groups is 1. The lowest BCUT2D eigenvalue weighted by Crippen LogP contribution is -2.28. The summed E-state index contributed by atoms with van der Waals surface area (Å²) in [6, 6.07) is 11.6. The first kappa shape index (κ1) is 14.9. The molecule has 0 bridgehead atoms. The maximum absolute atomic E-state index is 12.7. The van der Waals surface area contributed by atoms with Crippen molar-refractivity contribution in [2.24, 2.45) is 0 Å². The predicted molar refractivity (Wildman–Crippen MR) is 95.8 cm³/mol. The van der Waals surface area contributed by atoms with Gasteiger partial charge in [0.25, 0.3) is 5.91 Å². The summed E-state index contributed by atoms with van der Waals surface area (Å²) in [5.41, 5.74) is 3.74. The SMILES string of the molecule is Cc1ccc(C)c(N2C(=O)/C(=C/c3ccccn3)SC2=S)c1. The first-order valence-electron chi connectivity index (χ1n) is 6.82. The molecule has 1 amide bonds. The fourth-order valence-corrected chi connectivity index (χ4v) is 3.50. The summed E-state index contributed by atoms with van der Waals surface area (Å²) < 4.78 is 0.556. The number of aryl methyl sites for hydroxylation is 2. The Kier molecular flexibility index (Phi) is 4.09. The first-order chi connectivity index (χ1) is 10.6. The highest BCUT2D eigenvalue weighted by molar-refractivity contribution is 8.27. The number of carbonyl (C=O) groups excluding carboxylic acids is 1. The van der Waals surface area contributed by atoms with Crippen molar-refractivity contribution in [2.45, 2.75) is 13.8 Å². The maximum atomic E-state index is 12.7. The van der Waals surface area contributed by atoms with E-state index in [1.807, 2.05) is 50.2 Å². The van der Waals surface area contributed by atoms with Crippen molar-refractivity contribution in [3.63, 3.8) is 0 Å². The van der Waals surface area contributed by atoms with Crippen LogP contribution < -0.4 is 4.90 Å². The minimum absolute atomic E-state index is 0.0886. The number of nitrogens with zero attached hydrogens (tertiary/aromatic N) is 2. The fraction of sp³-hybridized carbons (Fsp3) is 0.118. The number of anilines is 1. The van der Waals surface area contributed by atoms with E-state index in [-0.39, 0.29) is 5.91 Å². The fourth-order valence-electron chi connectivity index (χ4n) is 2.23. The average Bonchev–Trinajstić information content (AvgIpc) is 2.77. The van der Waals surface area contributed by atoms with Crippen LogP contribution in [0.3, 0.4) is 0 Å². The second-order valence-corrected chi connectivity index (χ2v) is 6.74. The Hall–Kier alpha value is -1.98. The quantitative estimate of drug-likeness (QED) is 0.614. The molecular weight excluding hydrogens is 312 g/mol. The zero-order chi connectivity index (χ0) is 15.7. The lowest BCUT2D eigenvalue weighted by molar-refractivity contribution is -0.113. The summed E-state index contributed by atoms with van der Waals surface area (Å²) in [6.45, 7) is 3.99. The van der Waals surface area contributed by atoms with Crippen LogP contribution in [0.5, 0.6) is 0 Å². The molecule has 22 heavy (non-hydrogen) atoms. The Labute approximate surface area is 139 Å². The number of thioether (sulfide) groups is 1. The molecule has 3 rings (SSSR count). The zero-order valence-corrected chi connectivity index (χ0v) is 13.9. The Morgan fingerprint density at radius 2 is 2.05 bits per heavy atom. The summed E-state index contributed by atoms with van der Waals surface area (Å²) >= 11 is 6.72. The van der Waals surface area contributed by atoms with Gasteiger partial charge in [-0.15, -0.1) is 0 Å². The Morgan fingerprint density at radius 3 is 2.77 bits per heavy atom. The molecule has 2 heterocycles. The third-order valence-electron chi connectivity index (χ3n) is 3.37. The minimum Gasteiger partial charge on any atom is -0.268 e. The van der Waals surface area contributed by atoms with Gasteiger partial charge in [0.1, 0.15) is 0 Å². The largest absolute Gasteiger partial charge is 0.270 e. The second kappa shape index (κ2) is 6.02. The Bertz CT molecular complexity index is 785. The second-order valence-electron chi connectivity index (χ2n) is 5.06. The molecule has 1 fully saturated rings. The Balaban J connectivity index is 1.99. The average molecular weight is 326 g/mol. The standard InChI is InChI=1S/C17H14N2OS2/c1-11-6-7-12(2)14(9-11)19-16(20)15(22-17(19)21)10-13-5-3-4-8-18-13/h3-10H,1-2H3/b15-10-. The van der Waals surface area contributed by atoms with Crippen LogP contribution in [-0.4, -0.2) is 15.2 Å². The first-order valence-corrected chi connectivity index (χ1v) is 8.05. The van der Waals surface area contributed by atoms with Gasteiger partial charge in [-0.05, 0) is 49.2 Å². The summed E-state index contributed by atoms with van der Waals surface area (Å²) in [6.07, 6.45) is 3.49. The van der Waals surface area contributed by atoms with Crippen molar-refractivity contribution in [1.82, 2.24) is 4.98 Å². The van der Waals surface area contributed by atoms with Gasteiger partial charge in [0.05, 0.1) is 16.3 Å². The van der Waals surface area contributed by atoms with Crippen LogP contribution in [0.25, 0.3) is 6.08 Å². The van der Waals surface area contributed by atoms with Gasteiger partial charge in [-0.25, -0.2) is 0 Å². The third kappa shape index (κ3) is 2.82. The summed E-state index contributed by atoms with van der Waals surface area (Å²) in [7, 11) is 0. The highest BCUT2D eigenvalue weighted by Gasteiger charge is 2.34. The minimum atomic E-state index is -0.0886. The molecule has 0 atom stereocenters. The van der Waals surface area contributed by atoms with Crippen molar-refractivity contribution < 1.29 is 4.79 Å². The number of hydrogen-bond acceptors (Lipinski definition) is 4. The van der Waals surface area contributed by atoms with Gasteiger partial charge in [0.15, 0.2) is 4.32 Å². The van der Waals surface area contributed by atoms with E-state index < -0.39 is 0 Å². The van der Waals surface area contributed by atoms with E-state index in [2.05, 4.69) is 4.98 Å². The van der Waals surface area contributed by atoms with Crippen LogP contribution in [0, 0.1) is 13.8 Å². The third-order valence-corrected chi connectivity index (χ3v) is 4.67. The number of rotatable bonds is 2. The summed E-state index contributed by atoms with van der Waals surface area (Å²) in [5.74, 6) is -0.0886. The zero-order valence-electron chi connectivity index (χ0n) is 12.2. The maximum Gasteiger partial charge on any atom is 0.270 e. The van der Waals surface area contributed by atoms with Crippen LogP contribution in [0.15, 0.2) is 47.5 Å². The van der Waals surface area contributed by atoms with Gasteiger partial charge in [0.2, 0.25) is 0 Å². The van der Waals surface area contributed by atoms with E-state index in [1.165, 1.54) is 11.8 Å². The van der Waals surface area contributed by atoms with E-state index in [1.54, 1.807) is 17.2 Å². The molecule has 1 aromatic heterocycles. The predicted octanol–water partition coefficient (Wildman–Crippen LogP) is 4.10. The van der Waals surface area contributed by atoms with Crippen molar-refractivity contribution >= 4 is 46.0 Å². The number of amides is 1. The molecule has 0 saturated carbocycles. The molecule has 2 aromatic rings. The molecule has 1 saturated heterocycles. The van der Waals surface area contributed by atoms with Gasteiger partial charge in [0, 0.05) is 6.20 Å². The number of thiocarbonyl (C=S) groups is 1. The Morgan fingerprint density at radius 1 is 1.23 bits per heavy atom. The molecule has 1 aliphatic heterocycles. The molecule has 110 valence electrons. The number of pyridine rings is 1. The summed E-state index contributed by atoms with van der Waals surface area (Å²) in [5, 5.41) is 0. The van der Waals surface area contributed by atoms with Crippen LogP contribution in [0.2, 0.25) is 0 Å². The van der Waals surface area contributed by atoms with Gasteiger partial charge in [-0.3, -0.25) is 14.7 Å². The summed E-state index contributed by atoms with van der Waals surface area (Å²) in [4.78, 5) is 19.1. The number of aromatic nitrogens is 1. The molecule has 0 unspecified atom stereocenters. The van der Waals surface area contributed by atoms with E-state index >= 15 is 0 Å². The molecule has 3 nitrogen and oxygen atoms in total. The van der Waals surface area contributed by atoms with E-state index in [4.69, 9.17) is 12.2 Å². The lowest BCUT2D eigenvalue weighted by atomic mass is 10.1. The van der Waals surface area contributed by atoms with Crippen molar-refractivity contribution in [3.8, 4) is 0 Å². The van der Waals surface area contributed by atoms with Crippen LogP contribution in [0.1, 0.15) is 16.8 Å². The molecule has 1 aromatic carbocycles. The molecule has 5 heteroatoms. The number of benzene rings is 1. The van der Waals surface area contributed by atoms with E-state index in [0.29, 0.717) is 9.23 Å². The molecule has 0 N–H and O–H groups in total. The molecule has 0 spiro atoms. The van der Waals surface area contributed by atoms with Gasteiger partial charge in [-0.1, -0.05) is 42.2 Å². The smallest absolute Gasteiger partial charge is 0.268 e. The molecule has 1 aliphatic rings. The van der Waals surface area contributed by atoms with Crippen molar-refractivity contribution in [3.05, 3.63) is 64.3 Å². The van der Waals surface area contributed by atoms with Crippen molar-refractivity contribution in [1.29, 1.82) is 0 Å². The van der Waals surface area contributed by atoms with E-state index in [0.717, 1.165) is 22.5 Å². The van der Waals surface area contributed by atoms with Crippen LogP contribution in [-0.2, 0) is 4.79 Å². The highest BCUT2D eigenvalue weighted by atomic mass is 32.2. The van der Waals surface area contributed by atoms with Crippen LogP contribution >= 0.6 is 24.0 Å². The monoisotopic (exact) mass is 326 g/mol. The van der Waals surface area contributed by atoms with Crippen molar-refractivity contribution in [2.75, 3.05) is 4.90 Å². The molecular formula is C17H14N2OS2. The van der Waals surface area contributed by atoms with Gasteiger partial charge >= 0.3 is 0 Å². The van der Waals surface area contributed by atoms with E-state index in [9.17, 15) is 4.79 Å². The topological polar surface area (TPSA) is 33.2 Å². The lowest BCUT2D eigenvalue weighted by Gasteiger charge is -2.17. The highest BCUT2D eigenvalue weighted by Crippen LogP contribution is 2.37. The van der Waals surface area contributed by atoms with Gasteiger partial charge < -0.3 is 0 Å². The van der Waals surface area contributed by atoms with Crippen LogP contribution in [0.4, 0.5) is 5.69 Å². The normalized spacial score (nSPS) is 16.6. The molecule has 0 aliphatic carbocycles. The molecule has 0 radical (unpaired) electrons.